The van der Waals surface area contributed by atoms with Crippen LogP contribution in [0.4, 0.5) is 18.9 Å². The van der Waals surface area contributed by atoms with Gasteiger partial charge in [0.1, 0.15) is 12.6 Å². The molecule has 7 nitrogen and oxygen atoms in total. The molecular formula is C28H28BrClF3N3O4S. The van der Waals surface area contributed by atoms with Gasteiger partial charge in [-0.2, -0.15) is 13.2 Å². The molecule has 1 atom stereocenters. The van der Waals surface area contributed by atoms with Crippen molar-refractivity contribution in [3.63, 3.8) is 0 Å². The van der Waals surface area contributed by atoms with Crippen molar-refractivity contribution < 1.29 is 31.2 Å². The predicted molar refractivity (Wildman–Crippen MR) is 155 cm³/mol. The summed E-state index contributed by atoms with van der Waals surface area (Å²) in [6, 6.07) is 14.9. The molecule has 41 heavy (non-hydrogen) atoms. The number of benzene rings is 3. The number of sulfonamides is 1. The molecule has 2 amide bonds. The average Bonchev–Trinajstić information content (AvgIpc) is 2.89. The molecule has 0 fully saturated rings. The molecule has 0 bridgehead atoms. The van der Waals surface area contributed by atoms with E-state index in [4.69, 9.17) is 11.6 Å². The fraction of sp³-hybridized carbons (Fsp3) is 0.286. The molecule has 0 aliphatic heterocycles. The van der Waals surface area contributed by atoms with Crippen molar-refractivity contribution in [1.82, 2.24) is 10.2 Å². The molecule has 0 saturated heterocycles. The summed E-state index contributed by atoms with van der Waals surface area (Å²) in [5.41, 5.74) is -1.04. The third kappa shape index (κ3) is 8.23. The van der Waals surface area contributed by atoms with E-state index in [1.807, 2.05) is 0 Å². The van der Waals surface area contributed by atoms with E-state index in [-0.39, 0.29) is 22.5 Å². The Bertz CT molecular complexity index is 1500. The van der Waals surface area contributed by atoms with E-state index in [1.165, 1.54) is 36.1 Å². The predicted octanol–water partition coefficient (Wildman–Crippen LogP) is 6.26. The number of halogens is 5. The van der Waals surface area contributed by atoms with Gasteiger partial charge >= 0.3 is 6.18 Å². The van der Waals surface area contributed by atoms with Crippen LogP contribution in [0.5, 0.6) is 0 Å². The van der Waals surface area contributed by atoms with Crippen LogP contribution in [0.3, 0.4) is 0 Å². The van der Waals surface area contributed by atoms with Crippen molar-refractivity contribution >= 4 is 55.1 Å². The molecule has 0 unspecified atom stereocenters. The molecule has 3 aromatic rings. The number of carbonyl (C=O) groups excluding carboxylic acids is 2. The summed E-state index contributed by atoms with van der Waals surface area (Å²) in [7, 11) is -4.59. The van der Waals surface area contributed by atoms with Crippen molar-refractivity contribution in [2.45, 2.75) is 50.5 Å². The van der Waals surface area contributed by atoms with Crippen molar-refractivity contribution in [3.05, 3.63) is 93.4 Å². The number of anilines is 1. The lowest BCUT2D eigenvalue weighted by Crippen LogP contribution is -2.52. The van der Waals surface area contributed by atoms with Crippen molar-refractivity contribution in [2.75, 3.05) is 10.8 Å². The van der Waals surface area contributed by atoms with Crippen LogP contribution < -0.4 is 9.62 Å². The Morgan fingerprint density at radius 2 is 1.63 bits per heavy atom. The first-order chi connectivity index (χ1) is 19.1. The van der Waals surface area contributed by atoms with Crippen LogP contribution in [0.15, 0.2) is 82.2 Å². The van der Waals surface area contributed by atoms with E-state index in [1.54, 1.807) is 44.2 Å². The second-order valence-electron chi connectivity index (χ2n) is 9.48. The van der Waals surface area contributed by atoms with Crippen LogP contribution in [0, 0.1) is 0 Å². The van der Waals surface area contributed by atoms with Gasteiger partial charge in [0, 0.05) is 17.1 Å². The number of alkyl halides is 3. The minimum Gasteiger partial charge on any atom is -0.352 e. The van der Waals surface area contributed by atoms with Gasteiger partial charge in [0.05, 0.1) is 21.2 Å². The zero-order chi connectivity index (χ0) is 30.5. The number of rotatable bonds is 10. The number of carbonyl (C=O) groups is 2. The summed E-state index contributed by atoms with van der Waals surface area (Å²) in [5.74, 6) is -1.32. The summed E-state index contributed by atoms with van der Waals surface area (Å²) in [6.45, 7) is 3.97. The maximum absolute atomic E-state index is 13.9. The van der Waals surface area contributed by atoms with E-state index >= 15 is 0 Å². The Balaban J connectivity index is 2.13. The summed E-state index contributed by atoms with van der Waals surface area (Å²) >= 11 is 9.61. The van der Waals surface area contributed by atoms with Gasteiger partial charge in [-0.3, -0.25) is 13.9 Å². The highest BCUT2D eigenvalue weighted by Crippen LogP contribution is 2.37. The molecule has 0 aliphatic carbocycles. The molecule has 1 N–H and O–H groups in total. The molecule has 0 heterocycles. The van der Waals surface area contributed by atoms with Crippen LogP contribution in [0.1, 0.15) is 31.9 Å². The van der Waals surface area contributed by atoms with Gasteiger partial charge in [0.15, 0.2) is 0 Å². The fourth-order valence-electron chi connectivity index (χ4n) is 3.93. The summed E-state index contributed by atoms with van der Waals surface area (Å²) in [4.78, 5) is 27.7. The average molecular weight is 675 g/mol. The topological polar surface area (TPSA) is 86.8 Å². The second kappa shape index (κ2) is 13.3. The Morgan fingerprint density at radius 3 is 2.22 bits per heavy atom. The Morgan fingerprint density at radius 1 is 0.976 bits per heavy atom. The zero-order valence-electron chi connectivity index (χ0n) is 22.3. The molecule has 0 spiro atoms. The maximum Gasteiger partial charge on any atom is 0.416 e. The third-order valence-electron chi connectivity index (χ3n) is 5.99. The lowest BCUT2D eigenvalue weighted by molar-refractivity contribution is -0.139. The molecule has 13 heteroatoms. The quantitative estimate of drug-likeness (QED) is 0.275. The summed E-state index contributed by atoms with van der Waals surface area (Å²) in [5, 5.41) is 2.42. The highest BCUT2D eigenvalue weighted by molar-refractivity contribution is 9.10. The van der Waals surface area contributed by atoms with Gasteiger partial charge in [0.2, 0.25) is 11.8 Å². The lowest BCUT2D eigenvalue weighted by Gasteiger charge is -2.32. The minimum atomic E-state index is -4.80. The van der Waals surface area contributed by atoms with Crippen LogP contribution in [-0.2, 0) is 32.3 Å². The lowest BCUT2D eigenvalue weighted by atomic mass is 10.1. The van der Waals surface area contributed by atoms with E-state index in [0.29, 0.717) is 20.4 Å². The van der Waals surface area contributed by atoms with Gasteiger partial charge < -0.3 is 10.2 Å². The molecule has 3 rings (SSSR count). The summed E-state index contributed by atoms with van der Waals surface area (Å²) < 4.78 is 69.7. The van der Waals surface area contributed by atoms with E-state index < -0.39 is 51.9 Å². The smallest absolute Gasteiger partial charge is 0.352 e. The molecular weight excluding hydrogens is 647 g/mol. The van der Waals surface area contributed by atoms with Gasteiger partial charge in [-0.05, 0) is 68.8 Å². The highest BCUT2D eigenvalue weighted by atomic mass is 79.9. The van der Waals surface area contributed by atoms with Gasteiger partial charge in [-0.15, -0.1) is 0 Å². The number of nitrogens with one attached hydrogen (secondary N) is 1. The Kier molecular flexibility index (Phi) is 10.5. The minimum absolute atomic E-state index is 0.0828. The number of amides is 2. The van der Waals surface area contributed by atoms with Gasteiger partial charge in [-0.1, -0.05) is 57.9 Å². The largest absolute Gasteiger partial charge is 0.416 e. The molecule has 0 aliphatic rings. The monoisotopic (exact) mass is 673 g/mol. The molecule has 220 valence electrons. The Hall–Kier alpha value is -3.09. The van der Waals surface area contributed by atoms with Crippen molar-refractivity contribution in [1.29, 1.82) is 0 Å². The Labute approximate surface area is 250 Å². The zero-order valence-corrected chi connectivity index (χ0v) is 25.5. The third-order valence-corrected chi connectivity index (χ3v) is 8.58. The normalized spacial score (nSPS) is 12.6. The highest BCUT2D eigenvalue weighted by Gasteiger charge is 2.36. The first kappa shape index (κ1) is 32.4. The van der Waals surface area contributed by atoms with Crippen LogP contribution in [-0.4, -0.2) is 43.8 Å². The van der Waals surface area contributed by atoms with Gasteiger partial charge in [0.25, 0.3) is 10.0 Å². The van der Waals surface area contributed by atoms with Crippen LogP contribution in [0.25, 0.3) is 0 Å². The SMILES string of the molecule is CC(C)NC(=O)[C@H](C)N(Cc1cccc(Br)c1)C(=O)CN(c1cc(C(F)(F)F)ccc1Cl)S(=O)(=O)c1ccccc1. The molecule has 0 saturated carbocycles. The van der Waals surface area contributed by atoms with Crippen LogP contribution in [0.2, 0.25) is 5.02 Å². The van der Waals surface area contributed by atoms with E-state index in [2.05, 4.69) is 21.2 Å². The standard InChI is InChI=1S/C28H28BrClF3N3O4S/c1-18(2)34-27(38)19(3)35(16-20-8-7-9-22(29)14-20)26(37)17-36(41(39,40)23-10-5-4-6-11-23)25-15-21(28(31,32)33)12-13-24(25)30/h4-15,18-19H,16-17H2,1-3H3,(H,34,38)/t19-/m0/s1. The summed E-state index contributed by atoms with van der Waals surface area (Å²) in [6.07, 6.45) is -4.80. The number of nitrogens with zero attached hydrogens (tertiary/aromatic N) is 2. The molecule has 3 aromatic carbocycles. The van der Waals surface area contributed by atoms with Crippen LogP contribution >= 0.6 is 27.5 Å². The first-order valence-corrected chi connectivity index (χ1v) is 15.0. The van der Waals surface area contributed by atoms with E-state index in [9.17, 15) is 31.2 Å². The first-order valence-electron chi connectivity index (χ1n) is 12.4. The number of hydrogen-bond acceptors (Lipinski definition) is 4. The molecule has 0 aromatic heterocycles. The van der Waals surface area contributed by atoms with Gasteiger partial charge in [-0.25, -0.2) is 8.42 Å². The van der Waals surface area contributed by atoms with Crippen molar-refractivity contribution in [2.24, 2.45) is 0 Å². The molecule has 0 radical (unpaired) electrons. The maximum atomic E-state index is 13.9. The van der Waals surface area contributed by atoms with Crippen molar-refractivity contribution in [3.8, 4) is 0 Å². The fourth-order valence-corrected chi connectivity index (χ4v) is 6.10. The number of hydrogen-bond donors (Lipinski definition) is 1. The second-order valence-corrected chi connectivity index (χ2v) is 12.7. The van der Waals surface area contributed by atoms with E-state index in [0.717, 1.165) is 12.1 Å².